The van der Waals surface area contributed by atoms with Crippen molar-refractivity contribution in [1.82, 2.24) is 20.7 Å². The van der Waals surface area contributed by atoms with Crippen molar-refractivity contribution in [1.29, 1.82) is 0 Å². The summed E-state index contributed by atoms with van der Waals surface area (Å²) in [6.07, 6.45) is 11.5. The Labute approximate surface area is 224 Å². The van der Waals surface area contributed by atoms with Gasteiger partial charge in [0.15, 0.2) is 11.5 Å². The molecule has 1 aromatic rings. The van der Waals surface area contributed by atoms with Gasteiger partial charge in [0.1, 0.15) is 12.6 Å². The fourth-order valence-electron chi connectivity index (χ4n) is 6.97. The summed E-state index contributed by atoms with van der Waals surface area (Å²) < 4.78 is 12.2. The van der Waals surface area contributed by atoms with Gasteiger partial charge in [-0.05, 0) is 50.9 Å². The number of halogens is 2. The van der Waals surface area contributed by atoms with Crippen molar-refractivity contribution in [3.8, 4) is 11.5 Å². The molecule has 3 heterocycles. The Morgan fingerprint density at radius 3 is 2.69 bits per heavy atom. The monoisotopic (exact) mass is 538 g/mol. The van der Waals surface area contributed by atoms with Crippen molar-refractivity contribution in [2.75, 3.05) is 33.2 Å². The minimum Gasteiger partial charge on any atom is -0.485 e. The number of nitrogens with one attached hydrogen (secondary N) is 2. The quantitative estimate of drug-likeness (QED) is 0.572. The van der Waals surface area contributed by atoms with Gasteiger partial charge in [0.2, 0.25) is 0 Å². The van der Waals surface area contributed by atoms with Crippen LogP contribution >= 0.6 is 24.8 Å². The molecule has 10 heteroatoms. The molecule has 1 aromatic carbocycles. The first-order valence-electron chi connectivity index (χ1n) is 12.8. The first kappa shape index (κ1) is 27.0. The van der Waals surface area contributed by atoms with Crippen molar-refractivity contribution < 1.29 is 19.1 Å². The van der Waals surface area contributed by atoms with Crippen LogP contribution in [0.5, 0.6) is 11.5 Å². The molecule has 2 amide bonds. The molecule has 0 aromatic heterocycles. The van der Waals surface area contributed by atoms with Crippen LogP contribution in [0, 0.1) is 5.92 Å². The minimum absolute atomic E-state index is 0. The van der Waals surface area contributed by atoms with Gasteiger partial charge in [-0.1, -0.05) is 31.1 Å². The minimum atomic E-state index is -0.634. The zero-order valence-corrected chi connectivity index (χ0v) is 22.3. The van der Waals surface area contributed by atoms with E-state index in [0.717, 1.165) is 57.5 Å². The summed E-state index contributed by atoms with van der Waals surface area (Å²) >= 11 is 0. The second-order valence-electron chi connectivity index (χ2n) is 10.4. The number of hydrogen-bond donors (Lipinski definition) is 2. The number of amides is 2. The van der Waals surface area contributed by atoms with Crippen LogP contribution in [0.3, 0.4) is 0 Å². The summed E-state index contributed by atoms with van der Waals surface area (Å²) in [4.78, 5) is 27.4. The van der Waals surface area contributed by atoms with E-state index < -0.39 is 6.09 Å². The molecule has 6 rings (SSSR count). The van der Waals surface area contributed by atoms with Gasteiger partial charge in [0, 0.05) is 42.4 Å². The molecule has 36 heavy (non-hydrogen) atoms. The van der Waals surface area contributed by atoms with E-state index in [9.17, 15) is 9.59 Å². The third kappa shape index (κ3) is 4.46. The largest absolute Gasteiger partial charge is 0.485 e. The van der Waals surface area contributed by atoms with Gasteiger partial charge in [0.05, 0.1) is 0 Å². The van der Waals surface area contributed by atoms with Gasteiger partial charge in [0.25, 0.3) is 5.91 Å². The van der Waals surface area contributed by atoms with Gasteiger partial charge in [-0.15, -0.1) is 24.8 Å². The molecule has 3 aliphatic heterocycles. The summed E-state index contributed by atoms with van der Waals surface area (Å²) in [6, 6.07) is 4.43. The SMILES string of the molecule is CN1CC[C@]23c4c5ccc(OC(=O)NCC(=O)NN6CCCCCC6)c4O[C@H]2CC=CC3C1C5.Cl.Cl. The Balaban J connectivity index is 0.00000152. The van der Waals surface area contributed by atoms with Crippen LogP contribution in [-0.4, -0.2) is 67.3 Å². The van der Waals surface area contributed by atoms with Crippen molar-refractivity contribution in [3.05, 3.63) is 35.4 Å². The van der Waals surface area contributed by atoms with Gasteiger partial charge >= 0.3 is 6.09 Å². The summed E-state index contributed by atoms with van der Waals surface area (Å²) in [7, 11) is 2.22. The highest BCUT2D eigenvalue weighted by atomic mass is 35.5. The lowest BCUT2D eigenvalue weighted by Crippen LogP contribution is -2.62. The maximum Gasteiger partial charge on any atom is 0.413 e. The van der Waals surface area contributed by atoms with Crippen molar-refractivity contribution >= 4 is 36.8 Å². The fraction of sp³-hybridized carbons (Fsp3) is 0.615. The Morgan fingerprint density at radius 1 is 1.14 bits per heavy atom. The van der Waals surface area contributed by atoms with Gasteiger partial charge in [-0.2, -0.15) is 0 Å². The third-order valence-electron chi connectivity index (χ3n) is 8.57. The molecule has 198 valence electrons. The molecule has 1 spiro atoms. The lowest BCUT2D eigenvalue weighted by Gasteiger charge is -2.55. The van der Waals surface area contributed by atoms with Crippen LogP contribution < -0.4 is 20.2 Å². The molecule has 2 saturated heterocycles. The van der Waals surface area contributed by atoms with Crippen molar-refractivity contribution in [2.24, 2.45) is 5.92 Å². The van der Waals surface area contributed by atoms with Crippen molar-refractivity contribution in [2.45, 2.75) is 62.5 Å². The normalized spacial score (nSPS) is 30.0. The average Bonchev–Trinajstić information content (AvgIpc) is 2.97. The average molecular weight is 540 g/mol. The number of benzene rings is 1. The Morgan fingerprint density at radius 2 is 1.92 bits per heavy atom. The van der Waals surface area contributed by atoms with E-state index in [1.54, 1.807) is 0 Å². The van der Waals surface area contributed by atoms with E-state index in [4.69, 9.17) is 9.47 Å². The summed E-state index contributed by atoms with van der Waals surface area (Å²) in [5.74, 6) is 1.36. The number of carbonyl (C=O) groups excluding carboxylic acids is 2. The first-order chi connectivity index (χ1) is 16.6. The van der Waals surface area contributed by atoms with Gasteiger partial charge in [-0.3, -0.25) is 10.2 Å². The molecule has 0 saturated carbocycles. The molecule has 8 nitrogen and oxygen atoms in total. The Kier molecular flexibility index (Phi) is 8.10. The molecule has 2 unspecified atom stereocenters. The molecular formula is C26H36Cl2N4O4. The third-order valence-corrected chi connectivity index (χ3v) is 8.57. The van der Waals surface area contributed by atoms with Crippen LogP contribution in [0.1, 0.15) is 49.7 Å². The maximum absolute atomic E-state index is 12.6. The van der Waals surface area contributed by atoms with E-state index in [1.165, 1.54) is 24.0 Å². The number of likely N-dealkylation sites (tertiary alicyclic amines) is 1. The van der Waals surface area contributed by atoms with Gasteiger partial charge < -0.3 is 19.7 Å². The second kappa shape index (κ2) is 10.8. The van der Waals surface area contributed by atoms with Gasteiger partial charge in [-0.25, -0.2) is 9.80 Å². The predicted octanol–water partition coefficient (Wildman–Crippen LogP) is 3.36. The molecule has 0 radical (unpaired) electrons. The number of carbonyl (C=O) groups is 2. The van der Waals surface area contributed by atoms with Crippen LogP contribution in [0.2, 0.25) is 0 Å². The molecule has 2 aliphatic carbocycles. The lowest BCUT2D eigenvalue weighted by atomic mass is 9.54. The number of ether oxygens (including phenoxy) is 2. The maximum atomic E-state index is 12.6. The van der Waals surface area contributed by atoms with Crippen LogP contribution in [0.25, 0.3) is 0 Å². The van der Waals surface area contributed by atoms with E-state index in [-0.39, 0.29) is 48.8 Å². The lowest BCUT2D eigenvalue weighted by molar-refractivity contribution is -0.124. The number of hydrogen-bond acceptors (Lipinski definition) is 6. The second-order valence-corrected chi connectivity index (χ2v) is 10.4. The molecule has 5 aliphatic rings. The van der Waals surface area contributed by atoms with E-state index >= 15 is 0 Å². The molecule has 2 N–H and O–H groups in total. The summed E-state index contributed by atoms with van der Waals surface area (Å²) in [5, 5.41) is 4.55. The first-order valence-corrected chi connectivity index (χ1v) is 12.8. The number of hydrazine groups is 1. The number of piperidine rings is 1. The highest BCUT2D eigenvalue weighted by Gasteiger charge is 2.62. The predicted molar refractivity (Wildman–Crippen MR) is 141 cm³/mol. The van der Waals surface area contributed by atoms with Crippen molar-refractivity contribution in [3.63, 3.8) is 0 Å². The topological polar surface area (TPSA) is 83.1 Å². The number of rotatable bonds is 4. The summed E-state index contributed by atoms with van der Waals surface area (Å²) in [6.45, 7) is 2.62. The molecular weight excluding hydrogens is 503 g/mol. The molecule has 2 fully saturated rings. The van der Waals surface area contributed by atoms with Crippen LogP contribution in [0.15, 0.2) is 24.3 Å². The van der Waals surface area contributed by atoms with Crippen LogP contribution in [-0.2, 0) is 16.6 Å². The fourth-order valence-corrected chi connectivity index (χ4v) is 6.97. The van der Waals surface area contributed by atoms with E-state index in [1.807, 2.05) is 11.1 Å². The molecule has 4 atom stereocenters. The smallest absolute Gasteiger partial charge is 0.413 e. The number of likely N-dealkylation sites (N-methyl/N-ethyl adjacent to an activating group) is 1. The van der Waals surface area contributed by atoms with Crippen LogP contribution in [0.4, 0.5) is 4.79 Å². The molecule has 2 bridgehead atoms. The zero-order valence-electron chi connectivity index (χ0n) is 20.7. The number of nitrogens with zero attached hydrogens (tertiary/aromatic N) is 2. The Bertz CT molecular complexity index is 1030. The highest BCUT2D eigenvalue weighted by Crippen LogP contribution is 2.62. The highest BCUT2D eigenvalue weighted by molar-refractivity contribution is 5.85. The standard InChI is InChI=1S/C26H34N4O4.2ClH/c1-29-14-11-26-18-7-6-8-21(26)34-24-20(10-9-17(23(24)26)15-19(18)29)33-25(32)27-16-22(31)28-30-12-4-2-3-5-13-30;;/h6-7,9-10,18-19,21H,2-5,8,11-16H2,1H3,(H,27,32)(H,28,31);2*1H/t18?,19?,21-,26+;;/m0../s1. The Hall–Kier alpha value is -2.00. The zero-order chi connectivity index (χ0) is 23.3. The van der Waals surface area contributed by atoms with E-state index in [2.05, 4.69) is 40.9 Å². The summed E-state index contributed by atoms with van der Waals surface area (Å²) in [5.41, 5.74) is 5.42. The van der Waals surface area contributed by atoms with E-state index in [0.29, 0.717) is 17.7 Å².